The molecule has 0 bridgehead atoms. The molecule has 0 amide bonds. The molecule has 0 radical (unpaired) electrons. The molecular formula is C16H24NO2+. The average Bonchev–Trinajstić information content (AvgIpc) is 2.40. The quantitative estimate of drug-likeness (QED) is 0.836. The predicted molar refractivity (Wildman–Crippen MR) is 74.7 cm³/mol. The molecule has 3 nitrogen and oxygen atoms in total. The zero-order chi connectivity index (χ0) is 13.7. The molecule has 1 saturated heterocycles. The van der Waals surface area contributed by atoms with Gasteiger partial charge in [-0.05, 0) is 19.4 Å². The van der Waals surface area contributed by atoms with Crippen LogP contribution in [0.2, 0.25) is 0 Å². The molecule has 0 aromatic heterocycles. The number of esters is 1. The lowest BCUT2D eigenvalue weighted by atomic mass is 9.83. The number of hydrogen-bond donors (Lipinski definition) is 1. The van der Waals surface area contributed by atoms with Crippen molar-refractivity contribution in [1.29, 1.82) is 0 Å². The highest BCUT2D eigenvalue weighted by atomic mass is 16.6. The van der Waals surface area contributed by atoms with Gasteiger partial charge in [0.1, 0.15) is 5.60 Å². The maximum absolute atomic E-state index is 12.0. The Labute approximate surface area is 115 Å². The van der Waals surface area contributed by atoms with E-state index in [4.69, 9.17) is 4.74 Å². The van der Waals surface area contributed by atoms with E-state index in [0.717, 1.165) is 31.5 Å². The standard InChI is InChI=1S/C16H23NO2/c1-16(2,14-8-10-17-11-9-14)19-15(18)12-13-6-4-3-5-7-13/h3-7,14,17H,8-12H2,1-2H3/p+1. The fourth-order valence-corrected chi connectivity index (χ4v) is 2.80. The number of hydrogen-bond acceptors (Lipinski definition) is 2. The third-order valence-electron chi connectivity index (χ3n) is 3.99. The minimum absolute atomic E-state index is 0.120. The average molecular weight is 262 g/mol. The third kappa shape index (κ3) is 4.06. The molecular weight excluding hydrogens is 238 g/mol. The molecule has 0 atom stereocenters. The van der Waals surface area contributed by atoms with Gasteiger partial charge in [0.15, 0.2) is 0 Å². The molecule has 1 aromatic carbocycles. The minimum atomic E-state index is -0.347. The Morgan fingerprint density at radius 1 is 1.26 bits per heavy atom. The van der Waals surface area contributed by atoms with Gasteiger partial charge < -0.3 is 10.1 Å². The molecule has 0 spiro atoms. The van der Waals surface area contributed by atoms with Crippen molar-refractivity contribution in [2.75, 3.05) is 13.1 Å². The van der Waals surface area contributed by atoms with Gasteiger partial charge in [0, 0.05) is 18.8 Å². The summed E-state index contributed by atoms with van der Waals surface area (Å²) in [6.07, 6.45) is 2.63. The Kier molecular flexibility index (Phi) is 4.59. The number of quaternary nitrogens is 1. The minimum Gasteiger partial charge on any atom is -0.459 e. The van der Waals surface area contributed by atoms with Gasteiger partial charge in [0.2, 0.25) is 0 Å². The highest BCUT2D eigenvalue weighted by Gasteiger charge is 2.35. The molecule has 1 aromatic rings. The molecule has 2 rings (SSSR count). The van der Waals surface area contributed by atoms with E-state index >= 15 is 0 Å². The first-order valence-corrected chi connectivity index (χ1v) is 7.15. The van der Waals surface area contributed by atoms with Gasteiger partial charge in [0.25, 0.3) is 0 Å². The van der Waals surface area contributed by atoms with E-state index in [1.807, 2.05) is 44.2 Å². The molecule has 1 fully saturated rings. The summed E-state index contributed by atoms with van der Waals surface area (Å²) in [5, 5.41) is 2.33. The van der Waals surface area contributed by atoms with Crippen molar-refractivity contribution in [2.45, 2.75) is 38.7 Å². The number of benzene rings is 1. The van der Waals surface area contributed by atoms with Crippen LogP contribution in [-0.2, 0) is 16.0 Å². The van der Waals surface area contributed by atoms with E-state index in [1.54, 1.807) is 0 Å². The second-order valence-corrected chi connectivity index (χ2v) is 5.88. The van der Waals surface area contributed by atoms with Gasteiger partial charge in [-0.1, -0.05) is 30.3 Å². The van der Waals surface area contributed by atoms with Crippen LogP contribution in [0.1, 0.15) is 32.3 Å². The van der Waals surface area contributed by atoms with Crippen LogP contribution >= 0.6 is 0 Å². The first-order chi connectivity index (χ1) is 9.08. The Morgan fingerprint density at radius 2 is 1.89 bits per heavy atom. The summed E-state index contributed by atoms with van der Waals surface area (Å²) in [4.78, 5) is 12.0. The summed E-state index contributed by atoms with van der Waals surface area (Å²) in [5.74, 6) is 0.364. The van der Waals surface area contributed by atoms with Crippen molar-refractivity contribution in [2.24, 2.45) is 5.92 Å². The lowest BCUT2D eigenvalue weighted by Crippen LogP contribution is -2.86. The number of rotatable bonds is 4. The monoisotopic (exact) mass is 262 g/mol. The second kappa shape index (κ2) is 6.20. The highest BCUT2D eigenvalue weighted by molar-refractivity contribution is 5.73. The van der Waals surface area contributed by atoms with Crippen LogP contribution in [0.5, 0.6) is 0 Å². The van der Waals surface area contributed by atoms with Crippen LogP contribution in [0.3, 0.4) is 0 Å². The Morgan fingerprint density at radius 3 is 2.53 bits per heavy atom. The largest absolute Gasteiger partial charge is 0.459 e. The maximum Gasteiger partial charge on any atom is 0.310 e. The molecule has 0 saturated carbocycles. The molecule has 104 valence electrons. The summed E-state index contributed by atoms with van der Waals surface area (Å²) in [5.41, 5.74) is 0.667. The SMILES string of the molecule is CC(C)(OC(=O)Cc1ccccc1)C1CC[NH2+]CC1. The molecule has 19 heavy (non-hydrogen) atoms. The number of carbonyl (C=O) groups excluding carboxylic acids is 1. The molecule has 1 aliphatic heterocycles. The van der Waals surface area contributed by atoms with Crippen molar-refractivity contribution >= 4 is 5.97 Å². The maximum atomic E-state index is 12.0. The van der Waals surface area contributed by atoms with Crippen LogP contribution in [0.4, 0.5) is 0 Å². The number of nitrogens with two attached hydrogens (primary N) is 1. The van der Waals surface area contributed by atoms with Crippen molar-refractivity contribution in [1.82, 2.24) is 0 Å². The Bertz CT molecular complexity index is 408. The van der Waals surface area contributed by atoms with Crippen LogP contribution in [0, 0.1) is 5.92 Å². The van der Waals surface area contributed by atoms with Crippen molar-refractivity contribution in [3.8, 4) is 0 Å². The summed E-state index contributed by atoms with van der Waals surface area (Å²) < 4.78 is 5.73. The van der Waals surface area contributed by atoms with Gasteiger partial charge in [-0.25, -0.2) is 0 Å². The van der Waals surface area contributed by atoms with Gasteiger partial charge in [-0.15, -0.1) is 0 Å². The van der Waals surface area contributed by atoms with E-state index in [9.17, 15) is 4.79 Å². The first kappa shape index (κ1) is 14.1. The van der Waals surface area contributed by atoms with Gasteiger partial charge >= 0.3 is 5.97 Å². The number of carbonyl (C=O) groups is 1. The lowest BCUT2D eigenvalue weighted by Gasteiger charge is -2.35. The lowest BCUT2D eigenvalue weighted by molar-refractivity contribution is -0.665. The van der Waals surface area contributed by atoms with Gasteiger partial charge in [-0.2, -0.15) is 0 Å². The normalized spacial score (nSPS) is 17.2. The summed E-state index contributed by atoms with van der Waals surface area (Å²) >= 11 is 0. The van der Waals surface area contributed by atoms with Crippen molar-refractivity contribution in [3.05, 3.63) is 35.9 Å². The predicted octanol–water partition coefficient (Wildman–Crippen LogP) is 1.52. The molecule has 1 aliphatic rings. The second-order valence-electron chi connectivity index (χ2n) is 5.88. The smallest absolute Gasteiger partial charge is 0.310 e. The van der Waals surface area contributed by atoms with Gasteiger partial charge in [0.05, 0.1) is 19.5 Å². The third-order valence-corrected chi connectivity index (χ3v) is 3.99. The van der Waals surface area contributed by atoms with Crippen LogP contribution in [0.15, 0.2) is 30.3 Å². The van der Waals surface area contributed by atoms with Crippen molar-refractivity contribution in [3.63, 3.8) is 0 Å². The van der Waals surface area contributed by atoms with Crippen LogP contribution in [-0.4, -0.2) is 24.7 Å². The van der Waals surface area contributed by atoms with E-state index in [0.29, 0.717) is 12.3 Å². The zero-order valence-electron chi connectivity index (χ0n) is 11.9. The molecule has 1 heterocycles. The number of piperidine rings is 1. The van der Waals surface area contributed by atoms with E-state index < -0.39 is 0 Å². The summed E-state index contributed by atoms with van der Waals surface area (Å²) in [6.45, 7) is 6.38. The molecule has 3 heteroatoms. The molecule has 2 N–H and O–H groups in total. The zero-order valence-corrected chi connectivity index (χ0v) is 11.9. The number of ether oxygens (including phenoxy) is 1. The summed E-state index contributed by atoms with van der Waals surface area (Å²) in [6, 6.07) is 9.78. The van der Waals surface area contributed by atoms with Gasteiger partial charge in [-0.3, -0.25) is 4.79 Å². The van der Waals surface area contributed by atoms with E-state index in [-0.39, 0.29) is 11.6 Å². The fourth-order valence-electron chi connectivity index (χ4n) is 2.80. The van der Waals surface area contributed by atoms with E-state index in [2.05, 4.69) is 5.32 Å². The fraction of sp³-hybridized carbons (Fsp3) is 0.562. The molecule has 0 aliphatic carbocycles. The molecule has 0 unspecified atom stereocenters. The summed E-state index contributed by atoms with van der Waals surface area (Å²) in [7, 11) is 0. The Hall–Kier alpha value is -1.35. The van der Waals surface area contributed by atoms with Crippen molar-refractivity contribution < 1.29 is 14.8 Å². The topological polar surface area (TPSA) is 42.9 Å². The first-order valence-electron chi connectivity index (χ1n) is 7.15. The van der Waals surface area contributed by atoms with Crippen LogP contribution in [0.25, 0.3) is 0 Å². The van der Waals surface area contributed by atoms with E-state index in [1.165, 1.54) is 0 Å². The highest BCUT2D eigenvalue weighted by Crippen LogP contribution is 2.28. The van der Waals surface area contributed by atoms with Crippen LogP contribution < -0.4 is 5.32 Å². The Balaban J connectivity index is 1.90.